The fourth-order valence-corrected chi connectivity index (χ4v) is 2.34. The normalized spacial score (nSPS) is 10.6. The van der Waals surface area contributed by atoms with Gasteiger partial charge < -0.3 is 5.73 Å². The standard InChI is InChI=1S/C11H13N3O2.C11H11N3O/c1-8(15)11(12)14-13-10(16)7-9-5-3-2-4-6-9;1-8(15)11-12-10(13-14-11)7-9-5-3-2-4-6-9/h2-6H,7H2,1H3,(H2,12,14)(H,13,16);2-6H,7H2,1H3,(H,12,13,14). The predicted molar refractivity (Wildman–Crippen MR) is 116 cm³/mol. The highest BCUT2D eigenvalue weighted by molar-refractivity contribution is 6.37. The summed E-state index contributed by atoms with van der Waals surface area (Å²) in [7, 11) is 0. The summed E-state index contributed by atoms with van der Waals surface area (Å²) in [4.78, 5) is 37.1. The summed E-state index contributed by atoms with van der Waals surface area (Å²) < 4.78 is 0. The summed E-state index contributed by atoms with van der Waals surface area (Å²) in [6, 6.07) is 19.1. The molecule has 3 aromatic rings. The van der Waals surface area contributed by atoms with Crippen LogP contribution in [0.2, 0.25) is 0 Å². The number of amides is 1. The Morgan fingerprint density at radius 2 is 1.55 bits per heavy atom. The van der Waals surface area contributed by atoms with Crippen molar-refractivity contribution in [2.75, 3.05) is 0 Å². The van der Waals surface area contributed by atoms with Crippen LogP contribution in [0.15, 0.2) is 65.8 Å². The van der Waals surface area contributed by atoms with E-state index in [-0.39, 0.29) is 35.6 Å². The molecule has 0 aliphatic rings. The zero-order valence-electron chi connectivity index (χ0n) is 17.3. The summed E-state index contributed by atoms with van der Waals surface area (Å²) in [6.45, 7) is 2.73. The van der Waals surface area contributed by atoms with E-state index < -0.39 is 0 Å². The van der Waals surface area contributed by atoms with Crippen LogP contribution in [-0.2, 0) is 22.4 Å². The molecule has 2 aromatic carbocycles. The van der Waals surface area contributed by atoms with E-state index in [4.69, 9.17) is 5.73 Å². The van der Waals surface area contributed by atoms with E-state index in [1.54, 1.807) is 0 Å². The summed E-state index contributed by atoms with van der Waals surface area (Å²) in [6.07, 6.45) is 0.872. The first-order chi connectivity index (χ1) is 14.8. The molecule has 0 aliphatic heterocycles. The van der Waals surface area contributed by atoms with E-state index >= 15 is 0 Å². The van der Waals surface area contributed by atoms with E-state index in [1.165, 1.54) is 13.8 Å². The minimum atomic E-state index is -0.375. The lowest BCUT2D eigenvalue weighted by Gasteiger charge is -2.00. The lowest BCUT2D eigenvalue weighted by atomic mass is 10.1. The molecule has 160 valence electrons. The van der Waals surface area contributed by atoms with Crippen molar-refractivity contribution in [1.82, 2.24) is 20.6 Å². The summed E-state index contributed by atoms with van der Waals surface area (Å²) in [5.74, 6) is -0.0466. The fraction of sp³-hybridized carbons (Fsp3) is 0.182. The molecule has 0 aliphatic carbocycles. The van der Waals surface area contributed by atoms with Crippen LogP contribution in [0.5, 0.6) is 0 Å². The van der Waals surface area contributed by atoms with Gasteiger partial charge in [-0.15, -0.1) is 0 Å². The number of carbonyl (C=O) groups excluding carboxylic acids is 3. The van der Waals surface area contributed by atoms with Crippen molar-refractivity contribution in [3.8, 4) is 0 Å². The lowest BCUT2D eigenvalue weighted by Crippen LogP contribution is -2.28. The quantitative estimate of drug-likeness (QED) is 0.230. The molecule has 0 spiro atoms. The first kappa shape index (κ1) is 23.1. The molecule has 0 saturated heterocycles. The van der Waals surface area contributed by atoms with Crippen LogP contribution in [0.4, 0.5) is 0 Å². The Labute approximate surface area is 179 Å². The third-order valence-corrected chi connectivity index (χ3v) is 3.93. The number of hydrazone groups is 1. The monoisotopic (exact) mass is 420 g/mol. The first-order valence-corrected chi connectivity index (χ1v) is 9.48. The Hall–Kier alpha value is -4.14. The van der Waals surface area contributed by atoms with Crippen LogP contribution in [0, 0.1) is 0 Å². The molecule has 9 nitrogen and oxygen atoms in total. The molecule has 9 heteroatoms. The Morgan fingerprint density at radius 3 is 2.06 bits per heavy atom. The van der Waals surface area contributed by atoms with Gasteiger partial charge >= 0.3 is 0 Å². The van der Waals surface area contributed by atoms with Crippen molar-refractivity contribution in [2.45, 2.75) is 26.7 Å². The Morgan fingerprint density at radius 1 is 0.968 bits per heavy atom. The minimum Gasteiger partial charge on any atom is -0.379 e. The summed E-state index contributed by atoms with van der Waals surface area (Å²) in [5.41, 5.74) is 9.47. The lowest BCUT2D eigenvalue weighted by molar-refractivity contribution is -0.120. The van der Waals surface area contributed by atoms with Gasteiger partial charge in [-0.3, -0.25) is 19.5 Å². The molecule has 0 unspecified atom stereocenters. The number of aromatic nitrogens is 3. The minimum absolute atomic E-state index is 0.120. The zero-order valence-corrected chi connectivity index (χ0v) is 17.3. The average molecular weight is 420 g/mol. The van der Waals surface area contributed by atoms with Crippen LogP contribution in [0.3, 0.4) is 0 Å². The maximum Gasteiger partial charge on any atom is 0.244 e. The first-order valence-electron chi connectivity index (χ1n) is 9.48. The number of nitrogens with zero attached hydrogens (tertiary/aromatic N) is 3. The summed E-state index contributed by atoms with van der Waals surface area (Å²) >= 11 is 0. The number of Topliss-reactive ketones (excluding diaryl/α,β-unsaturated/α-hetero) is 2. The second-order valence-electron chi connectivity index (χ2n) is 6.57. The van der Waals surface area contributed by atoms with Gasteiger partial charge in [-0.1, -0.05) is 60.7 Å². The molecule has 0 saturated carbocycles. The van der Waals surface area contributed by atoms with Crippen LogP contribution >= 0.6 is 0 Å². The van der Waals surface area contributed by atoms with Gasteiger partial charge in [0.1, 0.15) is 5.82 Å². The molecule has 1 amide bonds. The number of amidine groups is 1. The molecule has 1 heterocycles. The number of hydrogen-bond donors (Lipinski definition) is 3. The SMILES string of the molecule is CC(=O)C(N)=NNC(=O)Cc1ccccc1.CC(=O)c1n[nH]c(Cc2ccccc2)n1. The largest absolute Gasteiger partial charge is 0.379 e. The summed E-state index contributed by atoms with van der Waals surface area (Å²) in [5, 5.41) is 10.0. The van der Waals surface area contributed by atoms with E-state index in [9.17, 15) is 14.4 Å². The number of rotatable bonds is 7. The van der Waals surface area contributed by atoms with Gasteiger partial charge in [0.25, 0.3) is 0 Å². The highest BCUT2D eigenvalue weighted by Crippen LogP contribution is 2.05. The third-order valence-electron chi connectivity index (χ3n) is 3.93. The van der Waals surface area contributed by atoms with E-state index in [1.807, 2.05) is 60.7 Å². The zero-order chi connectivity index (χ0) is 22.6. The number of ketones is 2. The van der Waals surface area contributed by atoms with Crippen molar-refractivity contribution >= 4 is 23.3 Å². The molecular weight excluding hydrogens is 396 g/mol. The van der Waals surface area contributed by atoms with E-state index in [0.717, 1.165) is 11.1 Å². The second kappa shape index (κ2) is 11.8. The fourth-order valence-electron chi connectivity index (χ4n) is 2.34. The number of H-pyrrole nitrogens is 1. The van der Waals surface area contributed by atoms with Crippen molar-refractivity contribution in [2.24, 2.45) is 10.8 Å². The maximum absolute atomic E-state index is 11.4. The van der Waals surface area contributed by atoms with Crippen molar-refractivity contribution in [3.05, 3.63) is 83.4 Å². The van der Waals surface area contributed by atoms with Gasteiger partial charge in [0.15, 0.2) is 17.4 Å². The van der Waals surface area contributed by atoms with Crippen molar-refractivity contribution in [3.63, 3.8) is 0 Å². The number of nitrogens with one attached hydrogen (secondary N) is 2. The molecule has 31 heavy (non-hydrogen) atoms. The predicted octanol–water partition coefficient (Wildman–Crippen LogP) is 1.80. The number of benzene rings is 2. The maximum atomic E-state index is 11.4. The Kier molecular flexibility index (Phi) is 8.78. The van der Waals surface area contributed by atoms with Crippen molar-refractivity contribution < 1.29 is 14.4 Å². The van der Waals surface area contributed by atoms with Crippen LogP contribution in [0.1, 0.15) is 41.4 Å². The topological polar surface area (TPSA) is 143 Å². The molecule has 0 bridgehead atoms. The van der Waals surface area contributed by atoms with Crippen LogP contribution < -0.4 is 11.2 Å². The van der Waals surface area contributed by atoms with Crippen LogP contribution in [-0.4, -0.2) is 38.5 Å². The van der Waals surface area contributed by atoms with Crippen LogP contribution in [0.25, 0.3) is 0 Å². The molecule has 0 atom stereocenters. The highest BCUT2D eigenvalue weighted by atomic mass is 16.2. The highest BCUT2D eigenvalue weighted by Gasteiger charge is 2.07. The number of nitrogens with two attached hydrogens (primary N) is 1. The number of carbonyl (C=O) groups is 3. The number of hydrogen-bond acceptors (Lipinski definition) is 6. The van der Waals surface area contributed by atoms with E-state index in [2.05, 4.69) is 25.7 Å². The smallest absolute Gasteiger partial charge is 0.244 e. The Bertz CT molecular complexity index is 1050. The molecule has 4 N–H and O–H groups in total. The van der Waals surface area contributed by atoms with Gasteiger partial charge in [0.2, 0.25) is 11.7 Å². The van der Waals surface area contributed by atoms with Gasteiger partial charge in [0, 0.05) is 20.3 Å². The molecule has 0 fully saturated rings. The Balaban J connectivity index is 0.000000220. The molecular formula is C22H24N6O3. The van der Waals surface area contributed by atoms with Gasteiger partial charge in [0.05, 0.1) is 6.42 Å². The van der Waals surface area contributed by atoms with Gasteiger partial charge in [-0.25, -0.2) is 10.4 Å². The molecule has 3 rings (SSSR count). The average Bonchev–Trinajstić information content (AvgIpc) is 3.23. The van der Waals surface area contributed by atoms with Crippen molar-refractivity contribution in [1.29, 1.82) is 0 Å². The molecule has 1 aromatic heterocycles. The molecule has 0 radical (unpaired) electrons. The third kappa shape index (κ3) is 8.40. The van der Waals surface area contributed by atoms with Gasteiger partial charge in [-0.05, 0) is 11.1 Å². The number of aromatic amines is 1. The van der Waals surface area contributed by atoms with Gasteiger partial charge in [-0.2, -0.15) is 10.2 Å². The van der Waals surface area contributed by atoms with E-state index in [0.29, 0.717) is 12.2 Å². The second-order valence-corrected chi connectivity index (χ2v) is 6.57.